The summed E-state index contributed by atoms with van der Waals surface area (Å²) in [4.78, 5) is 15.4. The van der Waals surface area contributed by atoms with Gasteiger partial charge in [0.2, 0.25) is 5.28 Å². The van der Waals surface area contributed by atoms with Crippen molar-refractivity contribution < 1.29 is 9.53 Å². The molecule has 0 aliphatic rings. The molecule has 0 N–H and O–H groups in total. The Morgan fingerprint density at radius 2 is 2.27 bits per heavy atom. The van der Waals surface area contributed by atoms with E-state index in [0.717, 1.165) is 11.0 Å². The second-order valence-electron chi connectivity index (χ2n) is 3.13. The zero-order valence-corrected chi connectivity index (χ0v) is 9.08. The summed E-state index contributed by atoms with van der Waals surface area (Å²) in [6, 6.07) is 5.12. The number of carbonyl (C=O) groups excluding carboxylic acids is 1. The predicted octanol–water partition coefficient (Wildman–Crippen LogP) is 2.01. The van der Waals surface area contributed by atoms with Gasteiger partial charge in [-0.05, 0) is 29.8 Å². The molecule has 0 saturated heterocycles. The van der Waals surface area contributed by atoms with Gasteiger partial charge in [0, 0.05) is 7.05 Å². The summed E-state index contributed by atoms with van der Waals surface area (Å²) >= 11 is 5.85. The normalized spacial score (nSPS) is 10.6. The van der Waals surface area contributed by atoms with Gasteiger partial charge in [-0.1, -0.05) is 0 Å². The van der Waals surface area contributed by atoms with E-state index in [2.05, 4.69) is 9.72 Å². The van der Waals surface area contributed by atoms with Gasteiger partial charge in [-0.25, -0.2) is 9.78 Å². The summed E-state index contributed by atoms with van der Waals surface area (Å²) in [6.45, 7) is 0. The van der Waals surface area contributed by atoms with E-state index >= 15 is 0 Å². The Morgan fingerprint density at radius 3 is 2.93 bits per heavy atom. The van der Waals surface area contributed by atoms with Crippen molar-refractivity contribution in [3.8, 4) is 0 Å². The van der Waals surface area contributed by atoms with Crippen molar-refractivity contribution >= 4 is 28.6 Å². The predicted molar refractivity (Wildman–Crippen MR) is 57.1 cm³/mol. The maximum Gasteiger partial charge on any atom is 0.337 e. The molecule has 1 aromatic heterocycles. The molecular formula is C10H9ClN2O2. The summed E-state index contributed by atoms with van der Waals surface area (Å²) in [6.07, 6.45) is 0. The number of hydrogen-bond acceptors (Lipinski definition) is 3. The fraction of sp³-hybridized carbons (Fsp3) is 0.200. The number of aryl methyl sites for hydroxylation is 1. The molecule has 2 rings (SSSR count). The van der Waals surface area contributed by atoms with Gasteiger partial charge in [-0.15, -0.1) is 0 Å². The van der Waals surface area contributed by atoms with Gasteiger partial charge in [0.25, 0.3) is 0 Å². The molecule has 15 heavy (non-hydrogen) atoms. The summed E-state index contributed by atoms with van der Waals surface area (Å²) in [5, 5.41) is 0.395. The number of nitrogens with zero attached hydrogens (tertiary/aromatic N) is 2. The quantitative estimate of drug-likeness (QED) is 0.696. The fourth-order valence-electron chi connectivity index (χ4n) is 1.41. The van der Waals surface area contributed by atoms with Gasteiger partial charge in [0.1, 0.15) is 0 Å². The largest absolute Gasteiger partial charge is 0.465 e. The van der Waals surface area contributed by atoms with Gasteiger partial charge >= 0.3 is 5.97 Å². The Hall–Kier alpha value is -1.55. The van der Waals surface area contributed by atoms with Crippen LogP contribution in [0.3, 0.4) is 0 Å². The molecule has 0 amide bonds. The lowest BCUT2D eigenvalue weighted by Crippen LogP contribution is -2.01. The number of halogens is 1. The lowest BCUT2D eigenvalue weighted by Gasteiger charge is -1.99. The topological polar surface area (TPSA) is 44.1 Å². The van der Waals surface area contributed by atoms with Crippen LogP contribution in [-0.4, -0.2) is 22.6 Å². The number of benzene rings is 1. The molecule has 0 bridgehead atoms. The molecule has 0 atom stereocenters. The second-order valence-corrected chi connectivity index (χ2v) is 3.47. The van der Waals surface area contributed by atoms with Crippen molar-refractivity contribution in [1.82, 2.24) is 9.55 Å². The van der Waals surface area contributed by atoms with Crippen LogP contribution in [0.5, 0.6) is 0 Å². The summed E-state index contributed by atoms with van der Waals surface area (Å²) in [5.74, 6) is -0.366. The smallest absolute Gasteiger partial charge is 0.337 e. The number of carbonyl (C=O) groups is 1. The molecule has 0 saturated carbocycles. The minimum Gasteiger partial charge on any atom is -0.465 e. The van der Waals surface area contributed by atoms with Crippen LogP contribution in [0.1, 0.15) is 10.4 Å². The van der Waals surface area contributed by atoms with Crippen molar-refractivity contribution in [2.45, 2.75) is 0 Å². The highest BCUT2D eigenvalue weighted by atomic mass is 35.5. The van der Waals surface area contributed by atoms with E-state index in [1.807, 2.05) is 0 Å². The maximum atomic E-state index is 11.3. The van der Waals surface area contributed by atoms with E-state index in [9.17, 15) is 4.79 Å². The Labute approximate surface area is 91.4 Å². The van der Waals surface area contributed by atoms with E-state index in [0.29, 0.717) is 10.8 Å². The Kier molecular flexibility index (Phi) is 2.36. The number of imidazole rings is 1. The first-order chi connectivity index (χ1) is 7.13. The molecule has 5 heteroatoms. The van der Waals surface area contributed by atoms with Gasteiger partial charge in [0.15, 0.2) is 0 Å². The first-order valence-corrected chi connectivity index (χ1v) is 4.71. The van der Waals surface area contributed by atoms with Crippen LogP contribution in [0, 0.1) is 0 Å². The van der Waals surface area contributed by atoms with Crippen LogP contribution < -0.4 is 0 Å². The molecule has 0 aliphatic heterocycles. The average molecular weight is 225 g/mol. The monoisotopic (exact) mass is 224 g/mol. The lowest BCUT2D eigenvalue weighted by atomic mass is 10.2. The van der Waals surface area contributed by atoms with Crippen LogP contribution in [0.4, 0.5) is 0 Å². The number of esters is 1. The molecule has 0 aliphatic carbocycles. The van der Waals surface area contributed by atoms with Crippen molar-refractivity contribution in [3.05, 3.63) is 29.0 Å². The lowest BCUT2D eigenvalue weighted by molar-refractivity contribution is 0.0601. The Morgan fingerprint density at radius 1 is 1.53 bits per heavy atom. The third-order valence-corrected chi connectivity index (χ3v) is 2.59. The number of hydrogen-bond donors (Lipinski definition) is 0. The van der Waals surface area contributed by atoms with Gasteiger partial charge in [-0.2, -0.15) is 0 Å². The fourth-order valence-corrected chi connectivity index (χ4v) is 1.59. The van der Waals surface area contributed by atoms with E-state index in [1.54, 1.807) is 29.8 Å². The second kappa shape index (κ2) is 3.55. The highest BCUT2D eigenvalue weighted by Crippen LogP contribution is 2.19. The third kappa shape index (κ3) is 1.57. The molecular weight excluding hydrogens is 216 g/mol. The van der Waals surface area contributed by atoms with E-state index in [-0.39, 0.29) is 5.97 Å². The molecule has 78 valence electrons. The minimum absolute atomic E-state index is 0.366. The zero-order chi connectivity index (χ0) is 11.0. The van der Waals surface area contributed by atoms with Crippen molar-refractivity contribution in [2.24, 2.45) is 7.05 Å². The van der Waals surface area contributed by atoms with Gasteiger partial charge < -0.3 is 9.30 Å². The summed E-state index contributed by atoms with van der Waals surface area (Å²) < 4.78 is 6.34. The van der Waals surface area contributed by atoms with Crippen LogP contribution >= 0.6 is 11.6 Å². The van der Waals surface area contributed by atoms with Crippen molar-refractivity contribution in [2.75, 3.05) is 7.11 Å². The van der Waals surface area contributed by atoms with Crippen molar-refractivity contribution in [1.29, 1.82) is 0 Å². The molecule has 1 aromatic carbocycles. The average Bonchev–Trinajstić information content (AvgIpc) is 2.54. The maximum absolute atomic E-state index is 11.3. The van der Waals surface area contributed by atoms with E-state index in [1.165, 1.54) is 7.11 Å². The zero-order valence-electron chi connectivity index (χ0n) is 8.32. The number of aromatic nitrogens is 2. The molecule has 4 nitrogen and oxygen atoms in total. The standard InChI is InChI=1S/C10H9ClN2O2/c1-13-8-5-6(9(14)15-2)3-4-7(8)12-10(13)11/h3-5H,1-2H3. The number of ether oxygens (including phenoxy) is 1. The van der Waals surface area contributed by atoms with Crippen LogP contribution in [0.2, 0.25) is 5.28 Å². The highest BCUT2D eigenvalue weighted by Gasteiger charge is 2.10. The van der Waals surface area contributed by atoms with E-state index in [4.69, 9.17) is 11.6 Å². The molecule has 0 unspecified atom stereocenters. The SMILES string of the molecule is COC(=O)c1ccc2nc(Cl)n(C)c2c1. The molecule has 1 heterocycles. The third-order valence-electron chi connectivity index (χ3n) is 2.25. The minimum atomic E-state index is -0.366. The molecule has 2 aromatic rings. The van der Waals surface area contributed by atoms with Gasteiger partial charge in [0.05, 0.1) is 23.7 Å². The Bertz CT molecular complexity index is 533. The summed E-state index contributed by atoms with van der Waals surface area (Å²) in [5.41, 5.74) is 2.06. The molecule has 0 radical (unpaired) electrons. The number of fused-ring (bicyclic) bond motifs is 1. The number of rotatable bonds is 1. The molecule has 0 fully saturated rings. The van der Waals surface area contributed by atoms with Crippen LogP contribution in [0.25, 0.3) is 11.0 Å². The van der Waals surface area contributed by atoms with Crippen molar-refractivity contribution in [3.63, 3.8) is 0 Å². The summed E-state index contributed by atoms with van der Waals surface area (Å²) in [7, 11) is 3.14. The molecule has 0 spiro atoms. The first-order valence-electron chi connectivity index (χ1n) is 4.34. The van der Waals surface area contributed by atoms with Crippen LogP contribution in [0.15, 0.2) is 18.2 Å². The van der Waals surface area contributed by atoms with Gasteiger partial charge in [-0.3, -0.25) is 0 Å². The number of methoxy groups -OCH3 is 1. The van der Waals surface area contributed by atoms with E-state index < -0.39 is 0 Å². The highest BCUT2D eigenvalue weighted by molar-refractivity contribution is 6.29. The van der Waals surface area contributed by atoms with Crippen LogP contribution in [-0.2, 0) is 11.8 Å². The Balaban J connectivity index is 2.64. The first kappa shape index (κ1) is 9.98.